The fourth-order valence-electron chi connectivity index (χ4n) is 2.29. The van der Waals surface area contributed by atoms with E-state index in [9.17, 15) is 0 Å². The normalized spacial score (nSPS) is 26.9. The van der Waals surface area contributed by atoms with E-state index in [-0.39, 0.29) is 0 Å². The van der Waals surface area contributed by atoms with Crippen molar-refractivity contribution in [3.8, 4) is 0 Å². The minimum absolute atomic E-state index is 0.398. The van der Waals surface area contributed by atoms with Gasteiger partial charge in [-0.05, 0) is 36.9 Å². The van der Waals surface area contributed by atoms with E-state index < -0.39 is 0 Å². The highest BCUT2D eigenvalue weighted by molar-refractivity contribution is 5.08. The molecule has 0 amide bonds. The first-order valence-electron chi connectivity index (χ1n) is 6.12. The number of nitrogens with two attached hydrogens (primary N) is 1. The fourth-order valence-corrected chi connectivity index (χ4v) is 2.29. The molecule has 1 aliphatic heterocycles. The average molecular weight is 219 g/mol. The minimum atomic E-state index is 0.398. The van der Waals surface area contributed by atoms with Gasteiger partial charge < -0.3 is 10.6 Å². The van der Waals surface area contributed by atoms with Crippen LogP contribution >= 0.6 is 0 Å². The second-order valence-electron chi connectivity index (χ2n) is 4.84. The molecule has 3 heteroatoms. The van der Waals surface area contributed by atoms with Crippen molar-refractivity contribution in [2.24, 2.45) is 11.7 Å². The monoisotopic (exact) mass is 219 g/mol. The molecule has 0 saturated carbocycles. The Hall–Kier alpha value is -0.930. The summed E-state index contributed by atoms with van der Waals surface area (Å²) in [4.78, 5) is 6.65. The predicted molar refractivity (Wildman–Crippen MR) is 66.1 cm³/mol. The van der Waals surface area contributed by atoms with Gasteiger partial charge in [0.25, 0.3) is 0 Å². The Labute approximate surface area is 97.7 Å². The van der Waals surface area contributed by atoms with Crippen molar-refractivity contribution in [2.75, 3.05) is 19.6 Å². The molecule has 1 fully saturated rings. The Balaban J connectivity index is 1.79. The third-order valence-corrected chi connectivity index (χ3v) is 3.50. The molecule has 0 spiro atoms. The number of pyridine rings is 1. The number of aromatic nitrogens is 1. The average Bonchev–Trinajstić information content (AvgIpc) is 2.32. The maximum absolute atomic E-state index is 6.01. The molecule has 2 heterocycles. The summed E-state index contributed by atoms with van der Waals surface area (Å²) in [7, 11) is 0. The maximum Gasteiger partial charge on any atom is 0.0300 e. The Bertz CT molecular complexity index is 312. The Kier molecular flexibility index (Phi) is 3.91. The van der Waals surface area contributed by atoms with Gasteiger partial charge in [-0.15, -0.1) is 0 Å². The van der Waals surface area contributed by atoms with Crippen LogP contribution < -0.4 is 5.73 Å². The molecule has 2 atom stereocenters. The lowest BCUT2D eigenvalue weighted by Crippen LogP contribution is -2.46. The van der Waals surface area contributed by atoms with E-state index in [0.717, 1.165) is 32.5 Å². The van der Waals surface area contributed by atoms with Gasteiger partial charge >= 0.3 is 0 Å². The smallest absolute Gasteiger partial charge is 0.0300 e. The van der Waals surface area contributed by atoms with Gasteiger partial charge in [0.15, 0.2) is 0 Å². The van der Waals surface area contributed by atoms with Crippen molar-refractivity contribution in [3.05, 3.63) is 30.1 Å². The number of likely N-dealkylation sites (tertiary alicyclic amines) is 1. The quantitative estimate of drug-likeness (QED) is 0.833. The second kappa shape index (κ2) is 5.41. The molecule has 0 radical (unpaired) electrons. The largest absolute Gasteiger partial charge is 0.327 e. The van der Waals surface area contributed by atoms with E-state index in [0.29, 0.717) is 12.0 Å². The summed E-state index contributed by atoms with van der Waals surface area (Å²) in [5.41, 5.74) is 7.34. The number of piperidine rings is 1. The molecule has 0 aromatic carbocycles. The topological polar surface area (TPSA) is 42.2 Å². The summed E-state index contributed by atoms with van der Waals surface area (Å²) in [5, 5.41) is 0. The van der Waals surface area contributed by atoms with Crippen LogP contribution in [0.5, 0.6) is 0 Å². The van der Waals surface area contributed by atoms with Crippen molar-refractivity contribution < 1.29 is 0 Å². The molecule has 1 aromatic rings. The van der Waals surface area contributed by atoms with E-state index in [2.05, 4.69) is 22.9 Å². The molecular weight excluding hydrogens is 198 g/mol. The van der Waals surface area contributed by atoms with Crippen LogP contribution in [0.2, 0.25) is 0 Å². The molecule has 2 rings (SSSR count). The predicted octanol–water partition coefficient (Wildman–Crippen LogP) is 1.29. The van der Waals surface area contributed by atoms with E-state index in [1.165, 1.54) is 5.56 Å². The van der Waals surface area contributed by atoms with Gasteiger partial charge in [-0.1, -0.05) is 13.0 Å². The first-order valence-corrected chi connectivity index (χ1v) is 6.12. The SMILES string of the molecule is CC1CN(CCc2cccnc2)CCC1N. The first-order chi connectivity index (χ1) is 7.75. The number of hydrogen-bond acceptors (Lipinski definition) is 3. The van der Waals surface area contributed by atoms with Crippen LogP contribution in [-0.4, -0.2) is 35.6 Å². The van der Waals surface area contributed by atoms with Crippen LogP contribution in [0.15, 0.2) is 24.5 Å². The lowest BCUT2D eigenvalue weighted by molar-refractivity contribution is 0.166. The van der Waals surface area contributed by atoms with Gasteiger partial charge in [-0.25, -0.2) is 0 Å². The number of rotatable bonds is 3. The summed E-state index contributed by atoms with van der Waals surface area (Å²) >= 11 is 0. The van der Waals surface area contributed by atoms with E-state index in [4.69, 9.17) is 5.73 Å². The maximum atomic E-state index is 6.01. The zero-order valence-electron chi connectivity index (χ0n) is 9.97. The zero-order valence-corrected chi connectivity index (χ0v) is 9.97. The lowest BCUT2D eigenvalue weighted by Gasteiger charge is -2.35. The Morgan fingerprint density at radius 3 is 3.12 bits per heavy atom. The van der Waals surface area contributed by atoms with E-state index >= 15 is 0 Å². The van der Waals surface area contributed by atoms with Crippen LogP contribution in [0.25, 0.3) is 0 Å². The van der Waals surface area contributed by atoms with Crippen molar-refractivity contribution >= 4 is 0 Å². The molecule has 2 N–H and O–H groups in total. The van der Waals surface area contributed by atoms with Gasteiger partial charge in [0.1, 0.15) is 0 Å². The summed E-state index contributed by atoms with van der Waals surface area (Å²) in [6.07, 6.45) is 6.01. The Morgan fingerprint density at radius 2 is 2.44 bits per heavy atom. The van der Waals surface area contributed by atoms with Gasteiger partial charge in [0, 0.05) is 31.5 Å². The van der Waals surface area contributed by atoms with Crippen molar-refractivity contribution in [3.63, 3.8) is 0 Å². The molecule has 0 bridgehead atoms. The van der Waals surface area contributed by atoms with Crippen LogP contribution in [0.3, 0.4) is 0 Å². The summed E-state index contributed by atoms with van der Waals surface area (Å²) in [6.45, 7) is 5.66. The molecule has 1 aliphatic rings. The van der Waals surface area contributed by atoms with Crippen LogP contribution in [0.4, 0.5) is 0 Å². The number of hydrogen-bond donors (Lipinski definition) is 1. The van der Waals surface area contributed by atoms with Crippen LogP contribution in [0, 0.1) is 5.92 Å². The van der Waals surface area contributed by atoms with Gasteiger partial charge in [-0.2, -0.15) is 0 Å². The highest BCUT2D eigenvalue weighted by Gasteiger charge is 2.22. The minimum Gasteiger partial charge on any atom is -0.327 e. The first kappa shape index (κ1) is 11.6. The van der Waals surface area contributed by atoms with Gasteiger partial charge in [0.2, 0.25) is 0 Å². The summed E-state index contributed by atoms with van der Waals surface area (Å²) in [6, 6.07) is 4.55. The molecule has 88 valence electrons. The molecule has 3 nitrogen and oxygen atoms in total. The van der Waals surface area contributed by atoms with Crippen molar-refractivity contribution in [1.29, 1.82) is 0 Å². The van der Waals surface area contributed by atoms with Gasteiger partial charge in [0.05, 0.1) is 0 Å². The lowest BCUT2D eigenvalue weighted by atomic mass is 9.94. The zero-order chi connectivity index (χ0) is 11.4. The highest BCUT2D eigenvalue weighted by atomic mass is 15.1. The van der Waals surface area contributed by atoms with Crippen molar-refractivity contribution in [2.45, 2.75) is 25.8 Å². The molecule has 0 aliphatic carbocycles. The van der Waals surface area contributed by atoms with Crippen LogP contribution in [0.1, 0.15) is 18.9 Å². The molecular formula is C13H21N3. The van der Waals surface area contributed by atoms with E-state index in [1.54, 1.807) is 0 Å². The molecule has 1 aromatic heterocycles. The third kappa shape index (κ3) is 3.03. The van der Waals surface area contributed by atoms with E-state index in [1.807, 2.05) is 18.5 Å². The summed E-state index contributed by atoms with van der Waals surface area (Å²) < 4.78 is 0. The third-order valence-electron chi connectivity index (χ3n) is 3.50. The standard InChI is InChI=1S/C13H21N3/c1-11-10-16(8-5-13(11)14)7-4-12-3-2-6-15-9-12/h2-3,6,9,11,13H,4-5,7-8,10,14H2,1H3. The Morgan fingerprint density at radius 1 is 1.56 bits per heavy atom. The van der Waals surface area contributed by atoms with Crippen LogP contribution in [-0.2, 0) is 6.42 Å². The second-order valence-corrected chi connectivity index (χ2v) is 4.84. The molecule has 2 unspecified atom stereocenters. The summed E-state index contributed by atoms with van der Waals surface area (Å²) in [5.74, 6) is 0.627. The highest BCUT2D eigenvalue weighted by Crippen LogP contribution is 2.15. The van der Waals surface area contributed by atoms with Gasteiger partial charge in [-0.3, -0.25) is 4.98 Å². The molecule has 1 saturated heterocycles. The van der Waals surface area contributed by atoms with Crippen molar-refractivity contribution in [1.82, 2.24) is 9.88 Å². The fraction of sp³-hybridized carbons (Fsp3) is 0.615. The molecule has 16 heavy (non-hydrogen) atoms. The number of nitrogens with zero attached hydrogens (tertiary/aromatic N) is 2.